The molecule has 1 heterocycles. The van der Waals surface area contributed by atoms with Crippen LogP contribution in [0.4, 0.5) is 0 Å². The minimum absolute atomic E-state index is 0.0495. The van der Waals surface area contributed by atoms with Crippen molar-refractivity contribution in [2.75, 3.05) is 6.61 Å². The van der Waals surface area contributed by atoms with Crippen LogP contribution in [0.25, 0.3) is 6.08 Å². The van der Waals surface area contributed by atoms with E-state index in [0.29, 0.717) is 18.8 Å². The van der Waals surface area contributed by atoms with Gasteiger partial charge in [-0.1, -0.05) is 39.3 Å². The Morgan fingerprint density at radius 2 is 1.84 bits per heavy atom. The molecule has 0 aromatic heterocycles. The number of benzene rings is 1. The van der Waals surface area contributed by atoms with E-state index in [1.54, 1.807) is 30.3 Å². The first-order chi connectivity index (χ1) is 15.1. The van der Waals surface area contributed by atoms with E-state index in [0.717, 1.165) is 36.0 Å². The van der Waals surface area contributed by atoms with Crippen molar-refractivity contribution < 1.29 is 28.6 Å². The van der Waals surface area contributed by atoms with Gasteiger partial charge in [0.05, 0.1) is 0 Å². The molecular weight excluding hydrogens is 408 g/mol. The number of cyclic esters (lactones) is 1. The molecule has 2 aliphatic carbocycles. The molecule has 32 heavy (non-hydrogen) atoms. The molecule has 0 saturated heterocycles. The molecule has 0 amide bonds. The normalized spacial score (nSPS) is 28.7. The summed E-state index contributed by atoms with van der Waals surface area (Å²) in [6.07, 6.45) is 6.31. The molecule has 1 saturated carbocycles. The zero-order valence-electron chi connectivity index (χ0n) is 19.1. The fourth-order valence-corrected chi connectivity index (χ4v) is 6.15. The summed E-state index contributed by atoms with van der Waals surface area (Å²) in [5, 5.41) is 0. The highest BCUT2D eigenvalue weighted by atomic mass is 16.5. The average Bonchev–Trinajstić information content (AvgIpc) is 3.07. The van der Waals surface area contributed by atoms with Crippen LogP contribution in [0, 0.1) is 16.7 Å². The van der Waals surface area contributed by atoms with Crippen molar-refractivity contribution in [1.29, 1.82) is 0 Å². The van der Waals surface area contributed by atoms with Gasteiger partial charge in [0.15, 0.2) is 0 Å². The number of rotatable bonds is 4. The van der Waals surface area contributed by atoms with Gasteiger partial charge in [-0.3, -0.25) is 4.79 Å². The topological polar surface area (TPSA) is 78.9 Å². The molecule has 1 aromatic rings. The van der Waals surface area contributed by atoms with Gasteiger partial charge < -0.3 is 14.2 Å². The third kappa shape index (κ3) is 4.10. The Morgan fingerprint density at radius 1 is 1.12 bits per heavy atom. The average molecular weight is 439 g/mol. The second-order valence-corrected chi connectivity index (χ2v) is 9.97. The third-order valence-corrected chi connectivity index (χ3v) is 7.19. The molecule has 1 aromatic carbocycles. The largest absolute Gasteiger partial charge is 0.459 e. The molecule has 6 nitrogen and oxygen atoms in total. The van der Waals surface area contributed by atoms with Crippen molar-refractivity contribution in [2.24, 2.45) is 16.7 Å². The smallest absolute Gasteiger partial charge is 0.334 e. The maximum atomic E-state index is 12.8. The molecule has 1 aliphatic heterocycles. The van der Waals surface area contributed by atoms with Gasteiger partial charge >= 0.3 is 17.9 Å². The third-order valence-electron chi connectivity index (χ3n) is 7.19. The summed E-state index contributed by atoms with van der Waals surface area (Å²) in [5.41, 5.74) is 2.20. The first-order valence-electron chi connectivity index (χ1n) is 11.2. The fraction of sp³-hybridized carbons (Fsp3) is 0.500. The monoisotopic (exact) mass is 438 g/mol. The number of carbonyl (C=O) groups excluding carboxylic acids is 3. The van der Waals surface area contributed by atoms with Crippen LogP contribution in [0.1, 0.15) is 58.9 Å². The second kappa shape index (κ2) is 8.23. The molecule has 3 atom stereocenters. The molecule has 0 bridgehead atoms. The maximum Gasteiger partial charge on any atom is 0.334 e. The van der Waals surface area contributed by atoms with Crippen molar-refractivity contribution in [3.63, 3.8) is 0 Å². The van der Waals surface area contributed by atoms with E-state index >= 15 is 0 Å². The molecule has 170 valence electrons. The lowest BCUT2D eigenvalue weighted by atomic mass is 9.49. The number of carbonyl (C=O) groups is 3. The highest BCUT2D eigenvalue weighted by molar-refractivity contribution is 5.94. The van der Waals surface area contributed by atoms with Gasteiger partial charge in [-0.15, -0.1) is 0 Å². The van der Waals surface area contributed by atoms with E-state index < -0.39 is 5.97 Å². The van der Waals surface area contributed by atoms with E-state index in [4.69, 9.17) is 14.2 Å². The van der Waals surface area contributed by atoms with Crippen LogP contribution in [0.15, 0.2) is 41.5 Å². The van der Waals surface area contributed by atoms with Crippen molar-refractivity contribution in [3.05, 3.63) is 47.1 Å². The van der Waals surface area contributed by atoms with Gasteiger partial charge in [0.2, 0.25) is 0 Å². The zero-order valence-corrected chi connectivity index (χ0v) is 19.1. The minimum Gasteiger partial charge on any atom is -0.459 e. The highest BCUT2D eigenvalue weighted by Gasteiger charge is 2.59. The Balaban J connectivity index is 1.52. The summed E-state index contributed by atoms with van der Waals surface area (Å²) in [6.45, 7) is 8.21. The van der Waals surface area contributed by atoms with Crippen LogP contribution in [-0.2, 0) is 23.9 Å². The summed E-state index contributed by atoms with van der Waals surface area (Å²) >= 11 is 0. The van der Waals surface area contributed by atoms with E-state index in [9.17, 15) is 14.4 Å². The van der Waals surface area contributed by atoms with Crippen LogP contribution in [0.2, 0.25) is 0 Å². The van der Waals surface area contributed by atoms with Crippen LogP contribution < -0.4 is 4.74 Å². The van der Waals surface area contributed by atoms with E-state index in [1.165, 1.54) is 13.0 Å². The van der Waals surface area contributed by atoms with Crippen molar-refractivity contribution in [2.45, 2.75) is 59.5 Å². The quantitative estimate of drug-likeness (QED) is 0.388. The SMILES string of the molecule is CC(=O)Oc1ccc(/C=C/C(=O)O[C@H]2CC3=C(C(=O)OC3)[C@@]3(C)CCCC(C)(C)[C@H]23)cc1. The number of fused-ring (bicyclic) bond motifs is 2. The summed E-state index contributed by atoms with van der Waals surface area (Å²) in [7, 11) is 0. The Morgan fingerprint density at radius 3 is 2.53 bits per heavy atom. The van der Waals surface area contributed by atoms with E-state index in [-0.39, 0.29) is 34.8 Å². The highest BCUT2D eigenvalue weighted by Crippen LogP contribution is 2.61. The molecule has 1 fully saturated rings. The molecule has 3 aliphatic rings. The molecule has 0 unspecified atom stereocenters. The number of ether oxygens (including phenoxy) is 3. The van der Waals surface area contributed by atoms with Crippen molar-refractivity contribution in [1.82, 2.24) is 0 Å². The van der Waals surface area contributed by atoms with Gasteiger partial charge in [-0.25, -0.2) is 9.59 Å². The van der Waals surface area contributed by atoms with Gasteiger partial charge in [-0.2, -0.15) is 0 Å². The number of esters is 3. The predicted octanol–water partition coefficient (Wildman–Crippen LogP) is 4.63. The fourth-order valence-electron chi connectivity index (χ4n) is 6.15. The van der Waals surface area contributed by atoms with Gasteiger partial charge in [0.25, 0.3) is 0 Å². The standard InChI is InChI=1S/C26H30O6/c1-16(27)31-19-9-6-17(7-10-19)8-11-21(28)32-20-14-18-15-30-24(29)22(18)26(4)13-5-12-25(2,3)23(20)26/h6-11,20,23H,5,12-15H2,1-4H3/b11-8+/t20-,23-,26+/m0/s1. The van der Waals surface area contributed by atoms with Crippen LogP contribution in [0.5, 0.6) is 5.75 Å². The Bertz CT molecular complexity index is 1000. The first kappa shape index (κ1) is 22.3. The maximum absolute atomic E-state index is 12.8. The first-order valence-corrected chi connectivity index (χ1v) is 11.2. The molecule has 0 N–H and O–H groups in total. The zero-order chi connectivity index (χ0) is 23.1. The van der Waals surface area contributed by atoms with Crippen LogP contribution in [0.3, 0.4) is 0 Å². The lowest BCUT2D eigenvalue weighted by Gasteiger charge is -2.55. The Kier molecular flexibility index (Phi) is 5.74. The number of hydrogen-bond donors (Lipinski definition) is 0. The summed E-state index contributed by atoms with van der Waals surface area (Å²) < 4.78 is 16.4. The Labute approximate surface area is 188 Å². The minimum atomic E-state index is -0.405. The summed E-state index contributed by atoms with van der Waals surface area (Å²) in [6, 6.07) is 6.88. The van der Waals surface area contributed by atoms with Crippen molar-refractivity contribution >= 4 is 24.0 Å². The number of hydrogen-bond acceptors (Lipinski definition) is 6. The summed E-state index contributed by atoms with van der Waals surface area (Å²) in [4.78, 5) is 36.3. The summed E-state index contributed by atoms with van der Waals surface area (Å²) in [5.74, 6) is -0.483. The van der Waals surface area contributed by atoms with Crippen LogP contribution in [-0.4, -0.2) is 30.6 Å². The van der Waals surface area contributed by atoms with Crippen molar-refractivity contribution in [3.8, 4) is 5.75 Å². The molecule has 0 spiro atoms. The van der Waals surface area contributed by atoms with Gasteiger partial charge in [-0.05, 0) is 47.6 Å². The molecule has 6 heteroatoms. The van der Waals surface area contributed by atoms with Crippen LogP contribution >= 0.6 is 0 Å². The lowest BCUT2D eigenvalue weighted by molar-refractivity contribution is -0.157. The molecule has 4 rings (SSSR count). The molecular formula is C26H30O6. The van der Waals surface area contributed by atoms with E-state index in [2.05, 4.69) is 20.8 Å². The Hall–Kier alpha value is -2.89. The molecule has 0 radical (unpaired) electrons. The van der Waals surface area contributed by atoms with E-state index in [1.807, 2.05) is 0 Å². The van der Waals surface area contributed by atoms with Gasteiger partial charge in [0, 0.05) is 36.3 Å². The lowest BCUT2D eigenvalue weighted by Crippen LogP contribution is -2.53. The second-order valence-electron chi connectivity index (χ2n) is 9.97. The predicted molar refractivity (Wildman–Crippen MR) is 118 cm³/mol. The van der Waals surface area contributed by atoms with Gasteiger partial charge in [0.1, 0.15) is 18.5 Å².